The van der Waals surface area contributed by atoms with E-state index in [1.54, 1.807) is 0 Å². The molecule has 2 aromatic carbocycles. The fourth-order valence-corrected chi connectivity index (χ4v) is 4.07. The fourth-order valence-electron chi connectivity index (χ4n) is 4.07. The van der Waals surface area contributed by atoms with Crippen LogP contribution in [-0.2, 0) is 11.2 Å². The molecule has 1 saturated heterocycles. The Morgan fingerprint density at radius 1 is 1.03 bits per heavy atom. The van der Waals surface area contributed by atoms with Crippen molar-refractivity contribution in [2.45, 2.75) is 26.3 Å². The number of rotatable bonds is 5. The van der Waals surface area contributed by atoms with Gasteiger partial charge in [-0.25, -0.2) is 0 Å². The number of nitrogens with one attached hydrogen (secondary N) is 1. The van der Waals surface area contributed by atoms with E-state index in [1.807, 2.05) is 31.2 Å². The fraction of sp³-hybridized carbons (Fsp3) is 0.375. The molecule has 5 heteroatoms. The number of carbonyl (C=O) groups excluding carboxylic acids is 1. The molecule has 0 spiro atoms. The van der Waals surface area contributed by atoms with Crippen molar-refractivity contribution < 1.29 is 9.53 Å². The van der Waals surface area contributed by atoms with Crippen LogP contribution in [-0.4, -0.2) is 49.6 Å². The van der Waals surface area contributed by atoms with Gasteiger partial charge in [-0.3, -0.25) is 9.69 Å². The molecule has 0 radical (unpaired) electrons. The second kappa shape index (κ2) is 8.70. The molecular weight excluding hydrogens is 362 g/mol. The van der Waals surface area contributed by atoms with Crippen molar-refractivity contribution in [2.24, 2.45) is 0 Å². The van der Waals surface area contributed by atoms with Crippen LogP contribution >= 0.6 is 0 Å². The topological polar surface area (TPSA) is 44.8 Å². The van der Waals surface area contributed by atoms with E-state index >= 15 is 0 Å². The highest BCUT2D eigenvalue weighted by molar-refractivity contribution is 5.94. The smallest absolute Gasteiger partial charge is 0.251 e. The van der Waals surface area contributed by atoms with Gasteiger partial charge in [-0.2, -0.15) is 0 Å². The molecule has 0 saturated carbocycles. The summed E-state index contributed by atoms with van der Waals surface area (Å²) in [4.78, 5) is 17.6. The molecule has 1 N–H and O–H groups in total. The maximum absolute atomic E-state index is 12.8. The van der Waals surface area contributed by atoms with Gasteiger partial charge in [-0.05, 0) is 37.6 Å². The number of hydrogen-bond acceptors (Lipinski definition) is 4. The van der Waals surface area contributed by atoms with E-state index in [0.29, 0.717) is 24.8 Å². The van der Waals surface area contributed by atoms with Gasteiger partial charge in [0.1, 0.15) is 11.5 Å². The van der Waals surface area contributed by atoms with Crippen LogP contribution in [0.2, 0.25) is 0 Å². The standard InChI is InChI=1S/C24H29N3O2/c1-18(26-12-14-27(15-13-26)21-9-4-3-5-10-21)17-25-24(28)22-16-20-8-6-7-11-23(20)29-19(22)2/h3-11,18H,12-17H2,1-2H3,(H,25,28)/t18-/m0/s1. The third kappa shape index (κ3) is 4.46. The maximum Gasteiger partial charge on any atom is 0.251 e. The highest BCUT2D eigenvalue weighted by Crippen LogP contribution is 2.29. The van der Waals surface area contributed by atoms with Crippen LogP contribution in [0.4, 0.5) is 5.69 Å². The Morgan fingerprint density at radius 3 is 2.48 bits per heavy atom. The number of fused-ring (bicyclic) bond motifs is 1. The number of nitrogens with zero attached hydrogens (tertiary/aromatic N) is 2. The number of benzene rings is 2. The van der Waals surface area contributed by atoms with Crippen molar-refractivity contribution in [3.05, 3.63) is 71.5 Å². The Labute approximate surface area is 173 Å². The molecule has 29 heavy (non-hydrogen) atoms. The van der Waals surface area contributed by atoms with Gasteiger partial charge in [-0.1, -0.05) is 36.4 Å². The van der Waals surface area contributed by atoms with Crippen molar-refractivity contribution in [1.82, 2.24) is 10.2 Å². The number of allylic oxidation sites excluding steroid dienone is 1. The summed E-state index contributed by atoms with van der Waals surface area (Å²) in [5, 5.41) is 3.12. The van der Waals surface area contributed by atoms with Gasteiger partial charge in [0.25, 0.3) is 5.91 Å². The second-order valence-electron chi connectivity index (χ2n) is 7.84. The minimum absolute atomic E-state index is 0.0215. The van der Waals surface area contributed by atoms with Crippen molar-refractivity contribution in [3.8, 4) is 5.75 Å². The Bertz CT molecular complexity index is 886. The lowest BCUT2D eigenvalue weighted by Gasteiger charge is -2.39. The number of amides is 1. The van der Waals surface area contributed by atoms with Crippen LogP contribution in [0.1, 0.15) is 19.4 Å². The molecule has 2 aliphatic rings. The zero-order valence-corrected chi connectivity index (χ0v) is 17.2. The summed E-state index contributed by atoms with van der Waals surface area (Å²) < 4.78 is 5.85. The highest BCUT2D eigenvalue weighted by atomic mass is 16.5. The monoisotopic (exact) mass is 391 g/mol. The van der Waals surface area contributed by atoms with Crippen molar-refractivity contribution in [3.63, 3.8) is 0 Å². The van der Waals surface area contributed by atoms with E-state index in [0.717, 1.165) is 43.1 Å². The van der Waals surface area contributed by atoms with E-state index in [4.69, 9.17) is 4.74 Å². The molecular formula is C24H29N3O2. The van der Waals surface area contributed by atoms with Crippen LogP contribution in [0.25, 0.3) is 0 Å². The van der Waals surface area contributed by atoms with E-state index < -0.39 is 0 Å². The first kappa shape index (κ1) is 19.5. The SMILES string of the molecule is CC1=C(C(=O)NC[C@H](C)N2CCN(c3ccccc3)CC2)Cc2ccccc2O1. The number of para-hydroxylation sites is 2. The van der Waals surface area contributed by atoms with E-state index in [9.17, 15) is 4.79 Å². The van der Waals surface area contributed by atoms with Crippen LogP contribution in [0, 0.1) is 0 Å². The number of carbonyl (C=O) groups is 1. The minimum atomic E-state index is -0.0215. The Balaban J connectivity index is 1.28. The summed E-state index contributed by atoms with van der Waals surface area (Å²) in [7, 11) is 0. The normalized spacial score (nSPS) is 18.1. The molecule has 152 valence electrons. The number of hydrogen-bond donors (Lipinski definition) is 1. The van der Waals surface area contributed by atoms with E-state index in [1.165, 1.54) is 5.69 Å². The van der Waals surface area contributed by atoms with Crippen LogP contribution in [0.3, 0.4) is 0 Å². The summed E-state index contributed by atoms with van der Waals surface area (Å²) >= 11 is 0. The average Bonchev–Trinajstić information content (AvgIpc) is 2.77. The quantitative estimate of drug-likeness (QED) is 0.850. The third-order valence-corrected chi connectivity index (χ3v) is 5.92. The summed E-state index contributed by atoms with van der Waals surface area (Å²) in [5.41, 5.74) is 3.08. The average molecular weight is 392 g/mol. The predicted octanol–water partition coefficient (Wildman–Crippen LogP) is 3.22. The zero-order valence-electron chi connectivity index (χ0n) is 17.2. The Morgan fingerprint density at radius 2 is 1.72 bits per heavy atom. The summed E-state index contributed by atoms with van der Waals surface area (Å²) in [6.07, 6.45) is 0.623. The number of anilines is 1. The van der Waals surface area contributed by atoms with Gasteiger partial charge in [0.15, 0.2) is 0 Å². The van der Waals surface area contributed by atoms with Gasteiger partial charge in [-0.15, -0.1) is 0 Å². The molecule has 1 amide bonds. The van der Waals surface area contributed by atoms with Crippen LogP contribution in [0.5, 0.6) is 5.75 Å². The molecule has 0 unspecified atom stereocenters. The first-order valence-corrected chi connectivity index (χ1v) is 10.4. The van der Waals surface area contributed by atoms with Crippen LogP contribution < -0.4 is 15.0 Å². The van der Waals surface area contributed by atoms with Gasteiger partial charge in [0.2, 0.25) is 0 Å². The van der Waals surface area contributed by atoms with Crippen molar-refractivity contribution >= 4 is 11.6 Å². The zero-order chi connectivity index (χ0) is 20.2. The Kier molecular flexibility index (Phi) is 5.86. The van der Waals surface area contributed by atoms with Crippen LogP contribution in [0.15, 0.2) is 65.9 Å². The summed E-state index contributed by atoms with van der Waals surface area (Å²) in [5.74, 6) is 1.53. The molecule has 5 nitrogen and oxygen atoms in total. The summed E-state index contributed by atoms with van der Waals surface area (Å²) in [6, 6.07) is 18.8. The predicted molar refractivity (Wildman–Crippen MR) is 116 cm³/mol. The van der Waals surface area contributed by atoms with Crippen molar-refractivity contribution in [2.75, 3.05) is 37.6 Å². The lowest BCUT2D eigenvalue weighted by Crippen LogP contribution is -2.52. The van der Waals surface area contributed by atoms with Gasteiger partial charge < -0.3 is 15.0 Å². The first-order chi connectivity index (χ1) is 14.1. The van der Waals surface area contributed by atoms with Gasteiger partial charge in [0.05, 0.1) is 5.57 Å². The van der Waals surface area contributed by atoms with Gasteiger partial charge in [0, 0.05) is 50.9 Å². The third-order valence-electron chi connectivity index (χ3n) is 5.92. The molecule has 2 heterocycles. The summed E-state index contributed by atoms with van der Waals surface area (Å²) in [6.45, 7) is 8.73. The largest absolute Gasteiger partial charge is 0.461 e. The molecule has 0 aliphatic carbocycles. The lowest BCUT2D eigenvalue weighted by atomic mass is 10.00. The number of piperazine rings is 1. The molecule has 0 aromatic heterocycles. The van der Waals surface area contributed by atoms with E-state index in [-0.39, 0.29) is 5.91 Å². The molecule has 1 fully saturated rings. The molecule has 4 rings (SSSR count). The second-order valence-corrected chi connectivity index (χ2v) is 7.84. The maximum atomic E-state index is 12.8. The minimum Gasteiger partial charge on any atom is -0.461 e. The molecule has 2 aromatic rings. The molecule has 2 aliphatic heterocycles. The van der Waals surface area contributed by atoms with Gasteiger partial charge >= 0.3 is 0 Å². The number of ether oxygens (including phenoxy) is 1. The highest BCUT2D eigenvalue weighted by Gasteiger charge is 2.24. The van der Waals surface area contributed by atoms with Crippen molar-refractivity contribution in [1.29, 1.82) is 0 Å². The Hall–Kier alpha value is -2.79. The lowest BCUT2D eigenvalue weighted by molar-refractivity contribution is -0.118. The molecule has 0 bridgehead atoms. The molecule has 1 atom stereocenters. The van der Waals surface area contributed by atoms with E-state index in [2.05, 4.69) is 52.4 Å². The first-order valence-electron chi connectivity index (χ1n) is 10.4.